The Balaban J connectivity index is 0.000000147. The fourth-order valence-electron chi connectivity index (χ4n) is 26.2. The highest BCUT2D eigenvalue weighted by Gasteiger charge is 2.60. The second kappa shape index (κ2) is 44.2. The van der Waals surface area contributed by atoms with Crippen LogP contribution < -0.4 is 28.4 Å². The third-order valence-electron chi connectivity index (χ3n) is 33.5. The van der Waals surface area contributed by atoms with Crippen LogP contribution in [0.15, 0.2) is 34.3 Å². The molecule has 7 heterocycles. The van der Waals surface area contributed by atoms with Gasteiger partial charge in [0.1, 0.15) is 23.4 Å². The number of esters is 4. The molecule has 0 spiro atoms. The molecule has 7 aromatic heterocycles. The lowest BCUT2D eigenvalue weighted by atomic mass is 9.55. The number of aliphatic hydroxyl groups excluding tert-OH is 1. The zero-order valence-electron chi connectivity index (χ0n) is 88.6. The highest BCUT2D eigenvalue weighted by atomic mass is 35.5. The highest BCUT2D eigenvalue weighted by Crippen LogP contribution is 2.60. The maximum Gasteiger partial charge on any atom is 0.376 e. The summed E-state index contributed by atoms with van der Waals surface area (Å²) in [5.74, 6) is 2.78. The van der Waals surface area contributed by atoms with Crippen LogP contribution in [0.4, 0.5) is 0 Å². The summed E-state index contributed by atoms with van der Waals surface area (Å²) in [5, 5.41) is 22.9. The molecule has 4 fully saturated rings. The van der Waals surface area contributed by atoms with Gasteiger partial charge in [0.15, 0.2) is 11.6 Å². The lowest BCUT2D eigenvalue weighted by molar-refractivity contribution is -0.130. The molecule has 778 valence electrons. The average molecular weight is 2030 g/mol. The summed E-state index contributed by atoms with van der Waals surface area (Å²) in [6, 6.07) is 1.34. The number of rotatable bonds is 14. The number of carbonyl (C=O) groups is 9. The van der Waals surface area contributed by atoms with Crippen LogP contribution in [0, 0.1) is 89.6 Å². The van der Waals surface area contributed by atoms with E-state index < -0.39 is 46.2 Å². The fourth-order valence-corrected chi connectivity index (χ4v) is 26.3. The number of aromatic nitrogens is 13. The van der Waals surface area contributed by atoms with Crippen LogP contribution in [0.3, 0.4) is 0 Å². The summed E-state index contributed by atoms with van der Waals surface area (Å²) in [6.07, 6.45) is 18.6. The van der Waals surface area contributed by atoms with E-state index in [0.717, 1.165) is 151 Å². The first kappa shape index (κ1) is 108. The van der Waals surface area contributed by atoms with Gasteiger partial charge in [-0.05, 0) is 178 Å². The largest absolute Gasteiger partial charge is 0.515 e. The molecule has 12 aliphatic rings. The molecule has 7 aromatic rings. The van der Waals surface area contributed by atoms with Crippen LogP contribution in [0.1, 0.15) is 330 Å². The first-order valence-electron chi connectivity index (χ1n) is 51.0. The molecule has 0 bridgehead atoms. The zero-order valence-corrected chi connectivity index (χ0v) is 88.4. The second-order valence-electron chi connectivity index (χ2n) is 41.0. The molecule has 0 aliphatic heterocycles. The Hall–Kier alpha value is -13.2. The van der Waals surface area contributed by atoms with Crippen LogP contribution in [0.5, 0.6) is 35.3 Å². The Bertz CT molecular complexity index is 6510. The molecule has 38 heteroatoms. The number of nitriles is 1. The van der Waals surface area contributed by atoms with Crippen LogP contribution in [-0.4, -0.2) is 198 Å². The van der Waals surface area contributed by atoms with E-state index in [1.54, 1.807) is 61.3 Å². The Morgan fingerprint density at radius 2 is 0.815 bits per heavy atom. The minimum atomic E-state index is -0.677. The first-order chi connectivity index (χ1) is 70.1. The van der Waals surface area contributed by atoms with Gasteiger partial charge in [-0.15, -0.1) is 0 Å². The third-order valence-corrected chi connectivity index (χ3v) is 33.6. The summed E-state index contributed by atoms with van der Waals surface area (Å²) in [5.41, 5.74) is 10.0. The van der Waals surface area contributed by atoms with Gasteiger partial charge in [-0.1, -0.05) is 102 Å². The van der Waals surface area contributed by atoms with Crippen LogP contribution in [-0.2, 0) is 120 Å². The fraction of sp³-hybridized carbons (Fsp3) is 0.602. The Kier molecular flexibility index (Phi) is 32.8. The molecule has 146 heavy (non-hydrogen) atoms. The first-order valence-corrected chi connectivity index (χ1v) is 50.3. The number of carbonyl (C=O) groups excluding carboxylic acids is 9. The van der Waals surface area contributed by atoms with E-state index in [1.807, 2.05) is 54.5 Å². The number of ketones is 5. The smallest absolute Gasteiger partial charge is 0.376 e. The Morgan fingerprint density at radius 1 is 0.466 bits per heavy atom. The number of allylic oxidation sites excluding steroid dienone is 3. The van der Waals surface area contributed by atoms with E-state index in [1.165, 1.54) is 28.7 Å². The number of Topliss-reactive ketones (excluding diaryl/α,β-unsaturated/α-hetero) is 5. The van der Waals surface area contributed by atoms with Crippen molar-refractivity contribution in [2.45, 2.75) is 285 Å². The Morgan fingerprint density at radius 3 is 1.21 bits per heavy atom. The Labute approximate surface area is 857 Å². The summed E-state index contributed by atoms with van der Waals surface area (Å²) < 4.78 is 63.9. The SMILES string of the molecule is CCOC(=O)c1nc(OC)c2c(n1)[C@@]1(C)C/C(=C/O)C(=O)[C@@H](C)[C@@H]1CC2.CCOC(=O)c1nc(OC)c2c(n1)[C@@]1(C)Cc3cnoc3[C@@H](C)[C@@H]1CC2.COc1nc(C#N)nc2c1CC[C@H]1[C@H](C)C(=O)CC[C@]21C.COc1nc(Cl)nc2c1CC[C@H]1[C@H](C)C(=O)CC[C@]21C.[3H]C.[C-]#[N+]C1=C[C@]2(C)c3nc(C(=O)OCC)nc(OC)c3CC[C@H]2[C@H](C)C1=O.[C-]#[N+]C1C[C@]2(C)c3nc(C(=O)OCC)nc(OC)c3CC[C@H]2[C@H](C)C1=O. The molecule has 12 aliphatic carbocycles. The van der Waals surface area contributed by atoms with Gasteiger partial charge in [-0.3, -0.25) is 19.2 Å². The molecular formula is C108H133ClN16O21. The third kappa shape index (κ3) is 19.6. The quantitative estimate of drug-likeness (QED) is 0.0264. The summed E-state index contributed by atoms with van der Waals surface area (Å²) in [6.45, 7) is 47.2. The number of hydrogen-bond donors (Lipinski definition) is 1. The maximum absolute atomic E-state index is 12.5. The average Bonchev–Trinajstić information content (AvgIpc) is 0.940. The minimum absolute atomic E-state index is 0.00246. The van der Waals surface area contributed by atoms with Crippen molar-refractivity contribution in [1.29, 1.82) is 5.26 Å². The summed E-state index contributed by atoms with van der Waals surface area (Å²) in [7, 11) is 10.5. The monoisotopic (exact) mass is 2030 g/mol. The van der Waals surface area contributed by atoms with Gasteiger partial charge >= 0.3 is 23.9 Å². The lowest BCUT2D eigenvalue weighted by Gasteiger charge is -2.48. The lowest BCUT2D eigenvalue weighted by Crippen LogP contribution is -2.52. The van der Waals surface area contributed by atoms with Crippen LogP contribution in [0.2, 0.25) is 5.28 Å². The molecule has 19 rings (SSSR count). The summed E-state index contributed by atoms with van der Waals surface area (Å²) in [4.78, 5) is 170. The number of nitrogens with zero attached hydrogens (tertiary/aromatic N) is 16. The van der Waals surface area contributed by atoms with Gasteiger partial charge in [0, 0.05) is 133 Å². The van der Waals surface area contributed by atoms with Crippen molar-refractivity contribution in [2.75, 3.05) is 69.1 Å². The molecule has 1 unspecified atom stereocenters. The van der Waals surface area contributed by atoms with Crippen molar-refractivity contribution in [3.05, 3.63) is 166 Å². The van der Waals surface area contributed by atoms with Crippen molar-refractivity contribution in [1.82, 2.24) is 65.0 Å². The minimum Gasteiger partial charge on any atom is -0.515 e. The van der Waals surface area contributed by atoms with E-state index in [0.29, 0.717) is 121 Å². The van der Waals surface area contributed by atoms with E-state index in [2.05, 4.69) is 109 Å². The highest BCUT2D eigenvalue weighted by molar-refractivity contribution is 6.28. The van der Waals surface area contributed by atoms with Crippen molar-refractivity contribution < 1.29 is 102 Å². The molecule has 37 nitrogen and oxygen atoms in total. The van der Waals surface area contributed by atoms with Gasteiger partial charge < -0.3 is 66.6 Å². The molecule has 19 atom stereocenters. The van der Waals surface area contributed by atoms with Gasteiger partial charge in [0.2, 0.25) is 81.2 Å². The van der Waals surface area contributed by atoms with Gasteiger partial charge in [0.25, 0.3) is 6.04 Å². The molecular weight excluding hydrogens is 1890 g/mol. The normalized spacial score (nSPS) is 29.0. The van der Waals surface area contributed by atoms with Gasteiger partial charge in [0.05, 0.1) is 122 Å². The topological polar surface area (TPSA) is 479 Å². The summed E-state index contributed by atoms with van der Waals surface area (Å²) >= 11 is 6.05. The van der Waals surface area contributed by atoms with Crippen LogP contribution in [0.25, 0.3) is 9.69 Å². The number of aliphatic hydroxyl groups is 1. The molecule has 0 radical (unpaired) electrons. The van der Waals surface area contributed by atoms with E-state index in [9.17, 15) is 48.3 Å². The van der Waals surface area contributed by atoms with Gasteiger partial charge in [-0.25, -0.2) is 60.5 Å². The number of halogens is 1. The van der Waals surface area contributed by atoms with E-state index in [-0.39, 0.29) is 159 Å². The molecule has 1 N–H and O–H groups in total. The standard InChI is InChI=1S/2C19H23N3O4.C19H21N3O4.C19H24N2O5.C16H19N3O2.C15H19ClN2O2.CH4/c1-5-25-18(23)16-21-15-12(17(22-16)24-4)6-7-13-10(2)14-11(9-20-26-14)8-19(13,15)3;2*1-6-26-18(24)16-21-15-11(17(22-16)25-5)7-8-12-10(2)14(23)13(20-4)9-19(12,15)3;1-5-26-18(24)16-20-15-12(17(21-16)25-4)6-7-13-10(2)14(23)11(9-22)8-19(13,15)3;1-9-11-5-4-10-14(16(11,2)7-6-12(9)20)18-13(8-17)19-15(10)21-3;1-8-10-5-4-9-12(15(10,2)7-6-11(8)19)17-14(16)18-13(9)20-3;/h9-10,13H,5-8H2,1-4H3;10,12-13H,6-9H2,1-3,5H3;9-10,12H,6-8H2,1-3,5H3;9-10,13,22H,5-8H2,1-4H3;9,11H,4-7H2,1-3H3;8,10H,4-7H2,1-3H3;1H4/b;;;11-9-;;;/t10-,13-,19-;10-,12-,13?,19-;10-,12-,19-;10-,13-,19-;9-,11-,16-;8-,10-,15-;/m000000./s1/i;;;;;;1T. The van der Waals surface area contributed by atoms with Gasteiger partial charge in [-0.2, -0.15) is 35.2 Å². The molecule has 4 saturated carbocycles. The van der Waals surface area contributed by atoms with E-state index >= 15 is 0 Å². The van der Waals surface area contributed by atoms with Crippen molar-refractivity contribution >= 4 is 64.4 Å². The maximum atomic E-state index is 12.5. The van der Waals surface area contributed by atoms with Crippen molar-refractivity contribution in [3.8, 4) is 41.3 Å². The molecule has 0 amide bonds. The predicted molar refractivity (Wildman–Crippen MR) is 530 cm³/mol. The number of methoxy groups -OCH3 is 6. The predicted octanol–water partition coefficient (Wildman–Crippen LogP) is 16.0. The number of fused-ring (bicyclic) bond motifs is 19. The van der Waals surface area contributed by atoms with Crippen molar-refractivity contribution in [3.63, 3.8) is 0 Å². The van der Waals surface area contributed by atoms with Crippen molar-refractivity contribution in [2.24, 2.45) is 65.1 Å². The second-order valence-corrected chi connectivity index (χ2v) is 41.3. The molecule has 0 aromatic carbocycles. The number of ether oxygens (including phenoxy) is 10. The zero-order chi connectivity index (χ0) is 107. The van der Waals surface area contributed by atoms with Crippen LogP contribution >= 0.6 is 11.6 Å². The van der Waals surface area contributed by atoms with E-state index in [4.69, 9.17) is 83.3 Å². The molecule has 0 saturated heterocycles. The number of hydrogen-bond acceptors (Lipinski definition) is 35.